The smallest absolute Gasteiger partial charge is 0.238 e. The third kappa shape index (κ3) is 3.46. The van der Waals surface area contributed by atoms with Crippen molar-refractivity contribution in [1.29, 1.82) is 0 Å². The molecule has 0 bridgehead atoms. The number of pyridine rings is 1. The average molecular weight is 277 g/mol. The van der Waals surface area contributed by atoms with Gasteiger partial charge in [0.2, 0.25) is 5.88 Å². The van der Waals surface area contributed by atoms with Crippen LogP contribution in [0, 0.1) is 13.8 Å². The zero-order chi connectivity index (χ0) is 13.8. The molecule has 0 saturated heterocycles. The number of aryl methyl sites for hydroxylation is 2. The number of benzene rings is 1. The summed E-state index contributed by atoms with van der Waals surface area (Å²) >= 11 is 6.19. The number of rotatable bonds is 4. The van der Waals surface area contributed by atoms with Crippen molar-refractivity contribution in [1.82, 2.24) is 10.3 Å². The lowest BCUT2D eigenvalue weighted by molar-refractivity contribution is 0.459. The molecule has 0 radical (unpaired) electrons. The molecule has 0 amide bonds. The molecular weight excluding hydrogens is 260 g/mol. The first-order chi connectivity index (χ1) is 9.10. The summed E-state index contributed by atoms with van der Waals surface area (Å²) in [5.41, 5.74) is 3.23. The molecule has 3 nitrogen and oxygen atoms in total. The van der Waals surface area contributed by atoms with Crippen LogP contribution in [0.15, 0.2) is 30.5 Å². The van der Waals surface area contributed by atoms with E-state index in [-0.39, 0.29) is 0 Å². The van der Waals surface area contributed by atoms with Crippen molar-refractivity contribution in [2.75, 3.05) is 7.05 Å². The highest BCUT2D eigenvalue weighted by atomic mass is 35.5. The van der Waals surface area contributed by atoms with E-state index in [4.69, 9.17) is 16.3 Å². The van der Waals surface area contributed by atoms with Crippen molar-refractivity contribution >= 4 is 11.6 Å². The van der Waals surface area contributed by atoms with Crippen LogP contribution in [0.1, 0.15) is 16.7 Å². The maximum Gasteiger partial charge on any atom is 0.238 e. The number of nitrogens with one attached hydrogen (secondary N) is 1. The van der Waals surface area contributed by atoms with Gasteiger partial charge < -0.3 is 10.1 Å². The lowest BCUT2D eigenvalue weighted by Crippen LogP contribution is -2.05. The number of halogens is 1. The van der Waals surface area contributed by atoms with E-state index in [1.165, 1.54) is 0 Å². The summed E-state index contributed by atoms with van der Waals surface area (Å²) in [4.78, 5) is 4.27. The molecule has 0 atom stereocenters. The zero-order valence-corrected chi connectivity index (χ0v) is 12.1. The van der Waals surface area contributed by atoms with Crippen molar-refractivity contribution in [2.45, 2.75) is 20.4 Å². The van der Waals surface area contributed by atoms with E-state index in [0.29, 0.717) is 10.9 Å². The Morgan fingerprint density at radius 2 is 2.05 bits per heavy atom. The van der Waals surface area contributed by atoms with Crippen LogP contribution in [0.25, 0.3) is 0 Å². The predicted octanol–water partition coefficient (Wildman–Crippen LogP) is 3.86. The van der Waals surface area contributed by atoms with E-state index in [1.807, 2.05) is 45.2 Å². The highest BCUT2D eigenvalue weighted by Gasteiger charge is 2.08. The van der Waals surface area contributed by atoms with Crippen molar-refractivity contribution < 1.29 is 4.74 Å². The van der Waals surface area contributed by atoms with Gasteiger partial charge in [-0.2, -0.15) is 0 Å². The standard InChI is InChI=1S/C15H17ClN2O/c1-10-4-5-11(2)14(6-10)19-15-13(16)7-12(8-17-3)9-18-15/h4-7,9,17H,8H2,1-3H3. The van der Waals surface area contributed by atoms with Gasteiger partial charge in [-0.15, -0.1) is 0 Å². The van der Waals surface area contributed by atoms with E-state index in [2.05, 4.69) is 10.3 Å². The van der Waals surface area contributed by atoms with Crippen LogP contribution in [-0.4, -0.2) is 12.0 Å². The maximum absolute atomic E-state index is 6.19. The second-order valence-electron chi connectivity index (χ2n) is 4.53. The van der Waals surface area contributed by atoms with Gasteiger partial charge in [0.05, 0.1) is 0 Å². The molecule has 0 aliphatic rings. The second kappa shape index (κ2) is 6.04. The van der Waals surface area contributed by atoms with Crippen LogP contribution in [0.3, 0.4) is 0 Å². The third-order valence-electron chi connectivity index (χ3n) is 2.80. The van der Waals surface area contributed by atoms with Gasteiger partial charge in [-0.1, -0.05) is 23.7 Å². The topological polar surface area (TPSA) is 34.2 Å². The maximum atomic E-state index is 6.19. The molecule has 1 heterocycles. The highest BCUT2D eigenvalue weighted by molar-refractivity contribution is 6.31. The minimum atomic E-state index is 0.440. The van der Waals surface area contributed by atoms with Crippen LogP contribution in [0.5, 0.6) is 11.6 Å². The number of nitrogens with zero attached hydrogens (tertiary/aromatic N) is 1. The molecule has 0 fully saturated rings. The molecule has 1 aromatic heterocycles. The van der Waals surface area contributed by atoms with Crippen LogP contribution in [0.2, 0.25) is 5.02 Å². The monoisotopic (exact) mass is 276 g/mol. The Kier molecular flexibility index (Phi) is 4.40. The molecule has 0 aliphatic carbocycles. The Morgan fingerprint density at radius 3 is 2.74 bits per heavy atom. The van der Waals surface area contributed by atoms with E-state index >= 15 is 0 Å². The van der Waals surface area contributed by atoms with Crippen LogP contribution in [-0.2, 0) is 6.54 Å². The van der Waals surface area contributed by atoms with Crippen LogP contribution in [0.4, 0.5) is 0 Å². The first-order valence-electron chi connectivity index (χ1n) is 6.14. The van der Waals surface area contributed by atoms with Gasteiger partial charge in [0.25, 0.3) is 0 Å². The summed E-state index contributed by atoms with van der Waals surface area (Å²) in [6, 6.07) is 7.92. The largest absolute Gasteiger partial charge is 0.437 e. The third-order valence-corrected chi connectivity index (χ3v) is 3.07. The molecule has 1 aromatic carbocycles. The fourth-order valence-electron chi connectivity index (χ4n) is 1.76. The molecule has 0 saturated carbocycles. The summed E-state index contributed by atoms with van der Waals surface area (Å²) in [6.07, 6.45) is 1.77. The first kappa shape index (κ1) is 13.8. The van der Waals surface area contributed by atoms with Gasteiger partial charge in [-0.25, -0.2) is 4.98 Å². The summed E-state index contributed by atoms with van der Waals surface area (Å²) < 4.78 is 5.79. The fraction of sp³-hybridized carbons (Fsp3) is 0.267. The predicted molar refractivity (Wildman–Crippen MR) is 78.0 cm³/mol. The van der Waals surface area contributed by atoms with Gasteiger partial charge in [0.1, 0.15) is 10.8 Å². The van der Waals surface area contributed by atoms with Crippen LogP contribution < -0.4 is 10.1 Å². The minimum Gasteiger partial charge on any atom is -0.437 e. The van der Waals surface area contributed by atoms with E-state index in [1.54, 1.807) is 6.20 Å². The molecule has 0 aliphatic heterocycles. The minimum absolute atomic E-state index is 0.440. The Labute approximate surface area is 118 Å². The molecule has 0 unspecified atom stereocenters. The fourth-order valence-corrected chi connectivity index (χ4v) is 1.99. The molecule has 4 heteroatoms. The van der Waals surface area contributed by atoms with E-state index in [0.717, 1.165) is 29.0 Å². The molecule has 2 aromatic rings. The zero-order valence-electron chi connectivity index (χ0n) is 11.3. The first-order valence-corrected chi connectivity index (χ1v) is 6.52. The molecule has 19 heavy (non-hydrogen) atoms. The number of hydrogen-bond acceptors (Lipinski definition) is 3. The molecule has 1 N–H and O–H groups in total. The van der Waals surface area contributed by atoms with Crippen LogP contribution >= 0.6 is 11.6 Å². The number of ether oxygens (including phenoxy) is 1. The van der Waals surface area contributed by atoms with Crippen molar-refractivity contribution in [3.05, 3.63) is 52.2 Å². The van der Waals surface area contributed by atoms with Gasteiger partial charge in [0.15, 0.2) is 0 Å². The Hall–Kier alpha value is -1.58. The molecular formula is C15H17ClN2O. The summed E-state index contributed by atoms with van der Waals surface area (Å²) in [7, 11) is 1.88. The normalized spacial score (nSPS) is 10.5. The average Bonchev–Trinajstić information content (AvgIpc) is 2.37. The Balaban J connectivity index is 2.25. The molecule has 2 rings (SSSR count). The Bertz CT molecular complexity index is 584. The van der Waals surface area contributed by atoms with Gasteiger partial charge in [0, 0.05) is 12.7 Å². The quantitative estimate of drug-likeness (QED) is 0.921. The summed E-state index contributed by atoms with van der Waals surface area (Å²) in [5, 5.41) is 3.58. The lowest BCUT2D eigenvalue weighted by atomic mass is 10.1. The SMILES string of the molecule is CNCc1cnc(Oc2cc(C)ccc2C)c(Cl)c1. The van der Waals surface area contributed by atoms with Gasteiger partial charge in [-0.05, 0) is 49.7 Å². The summed E-state index contributed by atoms with van der Waals surface area (Å²) in [6.45, 7) is 4.76. The van der Waals surface area contributed by atoms with E-state index in [9.17, 15) is 0 Å². The second-order valence-corrected chi connectivity index (χ2v) is 4.94. The van der Waals surface area contributed by atoms with Crippen molar-refractivity contribution in [3.63, 3.8) is 0 Å². The van der Waals surface area contributed by atoms with Gasteiger partial charge in [-0.3, -0.25) is 0 Å². The highest BCUT2D eigenvalue weighted by Crippen LogP contribution is 2.30. The molecule has 0 spiro atoms. The summed E-state index contributed by atoms with van der Waals surface area (Å²) in [5.74, 6) is 1.23. The lowest BCUT2D eigenvalue weighted by Gasteiger charge is -2.10. The molecule has 100 valence electrons. The van der Waals surface area contributed by atoms with Crippen molar-refractivity contribution in [2.24, 2.45) is 0 Å². The Morgan fingerprint density at radius 1 is 1.26 bits per heavy atom. The number of aromatic nitrogens is 1. The van der Waals surface area contributed by atoms with Crippen molar-refractivity contribution in [3.8, 4) is 11.6 Å². The number of hydrogen-bond donors (Lipinski definition) is 1. The van der Waals surface area contributed by atoms with E-state index < -0.39 is 0 Å². The van der Waals surface area contributed by atoms with Gasteiger partial charge >= 0.3 is 0 Å².